The minimum atomic E-state index is -0.102. The number of rotatable bonds is 4. The molecule has 3 aromatic rings. The van der Waals surface area contributed by atoms with Gasteiger partial charge in [-0.2, -0.15) is 5.10 Å². The smallest absolute Gasteiger partial charge is 0.262 e. The van der Waals surface area contributed by atoms with E-state index in [1.165, 1.54) is 26.2 Å². The molecule has 8 heteroatoms. The fraction of sp³-hybridized carbons (Fsp3) is 0.455. The topological polar surface area (TPSA) is 95.9 Å². The third kappa shape index (κ3) is 3.46. The van der Waals surface area contributed by atoms with Gasteiger partial charge in [0.2, 0.25) is 5.91 Å². The molecule has 1 saturated heterocycles. The molecule has 0 spiro atoms. The number of carbonyl (C=O) groups is 1. The lowest BCUT2D eigenvalue weighted by atomic mass is 9.95. The first-order valence-electron chi connectivity index (χ1n) is 10.7. The number of aromatic amines is 1. The van der Waals surface area contributed by atoms with Gasteiger partial charge in [-0.05, 0) is 37.1 Å². The summed E-state index contributed by atoms with van der Waals surface area (Å²) in [5.41, 5.74) is 2.50. The van der Waals surface area contributed by atoms with Crippen molar-refractivity contribution in [2.75, 3.05) is 23.3 Å². The van der Waals surface area contributed by atoms with Crippen molar-refractivity contribution in [1.29, 1.82) is 0 Å². The van der Waals surface area contributed by atoms with Crippen molar-refractivity contribution in [1.82, 2.24) is 19.7 Å². The molecule has 3 heterocycles. The summed E-state index contributed by atoms with van der Waals surface area (Å²) in [6.45, 7) is 3.09. The van der Waals surface area contributed by atoms with Crippen molar-refractivity contribution in [3.63, 3.8) is 0 Å². The van der Waals surface area contributed by atoms with Gasteiger partial charge in [0.25, 0.3) is 5.56 Å². The van der Waals surface area contributed by atoms with E-state index in [2.05, 4.69) is 20.3 Å². The van der Waals surface area contributed by atoms with Gasteiger partial charge in [-0.3, -0.25) is 9.59 Å². The molecular weight excluding hydrogens is 380 g/mol. The zero-order chi connectivity index (χ0) is 20.7. The van der Waals surface area contributed by atoms with E-state index in [1.54, 1.807) is 6.20 Å². The summed E-state index contributed by atoms with van der Waals surface area (Å²) in [5, 5.41) is 7.87. The molecule has 1 saturated carbocycles. The zero-order valence-electron chi connectivity index (χ0n) is 17.1. The first kappa shape index (κ1) is 18.8. The van der Waals surface area contributed by atoms with Crippen LogP contribution in [0, 0.1) is 0 Å². The summed E-state index contributed by atoms with van der Waals surface area (Å²) < 4.78 is 1.98. The molecule has 0 atom stereocenters. The van der Waals surface area contributed by atoms with Gasteiger partial charge in [-0.1, -0.05) is 19.3 Å². The van der Waals surface area contributed by atoms with E-state index < -0.39 is 0 Å². The highest BCUT2D eigenvalue weighted by atomic mass is 16.1. The first-order chi connectivity index (χ1) is 14.6. The first-order valence-corrected chi connectivity index (χ1v) is 10.7. The number of fused-ring (bicyclic) bond motifs is 1. The van der Waals surface area contributed by atoms with Crippen LogP contribution in [0.4, 0.5) is 11.4 Å². The average molecular weight is 406 g/mol. The Morgan fingerprint density at radius 2 is 1.87 bits per heavy atom. The highest BCUT2D eigenvalue weighted by Crippen LogP contribution is 2.32. The number of amides is 1. The van der Waals surface area contributed by atoms with E-state index in [1.807, 2.05) is 28.9 Å². The van der Waals surface area contributed by atoms with Crippen LogP contribution in [0.1, 0.15) is 56.8 Å². The van der Waals surface area contributed by atoms with Crippen LogP contribution in [0.5, 0.6) is 0 Å². The molecule has 30 heavy (non-hydrogen) atoms. The van der Waals surface area contributed by atoms with Crippen LogP contribution in [0.2, 0.25) is 0 Å². The second-order valence-electron chi connectivity index (χ2n) is 8.40. The summed E-state index contributed by atoms with van der Waals surface area (Å²) >= 11 is 0. The molecule has 5 rings (SSSR count). The average Bonchev–Trinajstić information content (AvgIpc) is 3.13. The van der Waals surface area contributed by atoms with E-state index >= 15 is 0 Å². The number of hydrogen-bond acceptors (Lipinski definition) is 5. The number of carbonyl (C=O) groups excluding carboxylic acids is 1. The molecule has 0 unspecified atom stereocenters. The maximum Gasteiger partial charge on any atom is 0.262 e. The van der Waals surface area contributed by atoms with E-state index in [0.29, 0.717) is 11.4 Å². The maximum atomic E-state index is 12.6. The van der Waals surface area contributed by atoms with Crippen molar-refractivity contribution in [2.45, 2.75) is 51.0 Å². The van der Waals surface area contributed by atoms with E-state index in [9.17, 15) is 9.59 Å². The number of benzene rings is 1. The number of hydrogen-bond donors (Lipinski definition) is 2. The molecule has 2 aliphatic rings. The fourth-order valence-electron chi connectivity index (χ4n) is 4.56. The van der Waals surface area contributed by atoms with Gasteiger partial charge >= 0.3 is 0 Å². The molecule has 0 bridgehead atoms. The molecule has 1 aliphatic carbocycles. The van der Waals surface area contributed by atoms with Crippen LogP contribution in [-0.4, -0.2) is 38.7 Å². The molecule has 2 fully saturated rings. The number of anilines is 2. The zero-order valence-corrected chi connectivity index (χ0v) is 17.1. The van der Waals surface area contributed by atoms with Crippen molar-refractivity contribution in [3.8, 4) is 0 Å². The predicted molar refractivity (Wildman–Crippen MR) is 116 cm³/mol. The number of nitrogens with one attached hydrogen (secondary N) is 2. The standard InChI is InChI=1S/C22H26N6O2/c1-14(29)24-16-7-9-17(10-8-16)27-12-15(13-27)20-25-21-19(22(30)26-20)11-23-28(21)18-5-3-2-4-6-18/h7-11,15,18H,2-6,12-13H2,1H3,(H,24,29)(H,25,26,30). The third-order valence-electron chi connectivity index (χ3n) is 6.22. The lowest BCUT2D eigenvalue weighted by molar-refractivity contribution is -0.114. The van der Waals surface area contributed by atoms with Crippen LogP contribution >= 0.6 is 0 Å². The Bertz CT molecular complexity index is 1120. The minimum absolute atomic E-state index is 0.0790. The van der Waals surface area contributed by atoms with Gasteiger partial charge in [-0.25, -0.2) is 9.67 Å². The lowest BCUT2D eigenvalue weighted by Gasteiger charge is -2.40. The summed E-state index contributed by atoms with van der Waals surface area (Å²) in [7, 11) is 0. The second kappa shape index (κ2) is 7.59. The molecule has 1 aliphatic heterocycles. The fourth-order valence-corrected chi connectivity index (χ4v) is 4.56. The Kier molecular flexibility index (Phi) is 4.77. The lowest BCUT2D eigenvalue weighted by Crippen LogP contribution is -2.46. The van der Waals surface area contributed by atoms with Crippen LogP contribution in [0.15, 0.2) is 35.3 Å². The van der Waals surface area contributed by atoms with Crippen molar-refractivity contribution in [3.05, 3.63) is 46.6 Å². The van der Waals surface area contributed by atoms with E-state index in [0.717, 1.165) is 48.8 Å². The normalized spacial score (nSPS) is 17.8. The largest absolute Gasteiger partial charge is 0.370 e. The van der Waals surface area contributed by atoms with Gasteiger partial charge in [0.15, 0.2) is 5.65 Å². The van der Waals surface area contributed by atoms with Crippen molar-refractivity contribution in [2.24, 2.45) is 0 Å². The summed E-state index contributed by atoms with van der Waals surface area (Å²) in [4.78, 5) is 33.8. The summed E-state index contributed by atoms with van der Waals surface area (Å²) in [5.74, 6) is 0.854. The Balaban J connectivity index is 1.33. The molecule has 8 nitrogen and oxygen atoms in total. The summed E-state index contributed by atoms with van der Waals surface area (Å²) in [6, 6.07) is 8.15. The number of nitrogens with zero attached hydrogens (tertiary/aromatic N) is 4. The molecule has 156 valence electrons. The second-order valence-corrected chi connectivity index (χ2v) is 8.40. The molecule has 2 N–H and O–H groups in total. The van der Waals surface area contributed by atoms with Crippen molar-refractivity contribution < 1.29 is 4.79 Å². The van der Waals surface area contributed by atoms with Crippen molar-refractivity contribution >= 4 is 28.3 Å². The quantitative estimate of drug-likeness (QED) is 0.694. The Hall–Kier alpha value is -3.16. The molecule has 1 aromatic carbocycles. The predicted octanol–water partition coefficient (Wildman–Crippen LogP) is 3.19. The van der Waals surface area contributed by atoms with Crippen LogP contribution < -0.4 is 15.8 Å². The minimum Gasteiger partial charge on any atom is -0.370 e. The summed E-state index contributed by atoms with van der Waals surface area (Å²) in [6.07, 6.45) is 7.56. The SMILES string of the molecule is CC(=O)Nc1ccc(N2CC(c3nc4c(cnn4C4CCCCC4)c(=O)[nH]3)C2)cc1. The monoisotopic (exact) mass is 406 g/mol. The van der Waals surface area contributed by atoms with Gasteiger partial charge in [0.05, 0.1) is 18.2 Å². The van der Waals surface area contributed by atoms with E-state index in [-0.39, 0.29) is 17.4 Å². The van der Waals surface area contributed by atoms with Gasteiger partial charge < -0.3 is 15.2 Å². The Labute approximate surface area is 174 Å². The molecular formula is C22H26N6O2. The van der Waals surface area contributed by atoms with Crippen LogP contribution in [0.25, 0.3) is 11.0 Å². The third-order valence-corrected chi connectivity index (χ3v) is 6.22. The molecule has 1 amide bonds. The highest BCUT2D eigenvalue weighted by Gasteiger charge is 2.31. The van der Waals surface area contributed by atoms with E-state index in [4.69, 9.17) is 4.98 Å². The highest BCUT2D eigenvalue weighted by molar-refractivity contribution is 5.88. The molecule has 2 aromatic heterocycles. The number of aromatic nitrogens is 4. The van der Waals surface area contributed by atoms with Gasteiger partial charge in [0, 0.05) is 31.4 Å². The maximum absolute atomic E-state index is 12.6. The molecule has 0 radical (unpaired) electrons. The Morgan fingerprint density at radius 1 is 1.13 bits per heavy atom. The van der Waals surface area contributed by atoms with Crippen LogP contribution in [0.3, 0.4) is 0 Å². The van der Waals surface area contributed by atoms with Gasteiger partial charge in [-0.15, -0.1) is 0 Å². The van der Waals surface area contributed by atoms with Gasteiger partial charge in [0.1, 0.15) is 11.2 Å². The number of H-pyrrole nitrogens is 1. The van der Waals surface area contributed by atoms with Crippen LogP contribution in [-0.2, 0) is 4.79 Å². The Morgan fingerprint density at radius 3 is 2.57 bits per heavy atom.